The molecule has 2 aliphatic heterocycles. The van der Waals surface area contributed by atoms with E-state index in [1.165, 1.54) is 11.1 Å². The summed E-state index contributed by atoms with van der Waals surface area (Å²) >= 11 is 6.37. The lowest BCUT2D eigenvalue weighted by molar-refractivity contribution is -0.118. The van der Waals surface area contributed by atoms with Crippen LogP contribution in [0.1, 0.15) is 36.7 Å². The first-order valence-electron chi connectivity index (χ1n) is 5.56. The molecule has 0 spiro atoms. The van der Waals surface area contributed by atoms with Crippen molar-refractivity contribution in [3.63, 3.8) is 0 Å². The van der Waals surface area contributed by atoms with Crippen LogP contribution in [0.5, 0.6) is 0 Å². The van der Waals surface area contributed by atoms with Crippen molar-refractivity contribution in [3.05, 3.63) is 35.4 Å². The van der Waals surface area contributed by atoms with E-state index >= 15 is 0 Å². The monoisotopic (exact) mass is 236 g/mol. The summed E-state index contributed by atoms with van der Waals surface area (Å²) in [5, 5.41) is -0.0659. The zero-order valence-corrected chi connectivity index (χ0v) is 9.78. The van der Waals surface area contributed by atoms with Crippen LogP contribution in [-0.4, -0.2) is 11.2 Å². The van der Waals surface area contributed by atoms with Crippen molar-refractivity contribution in [2.45, 2.75) is 30.9 Å². The van der Waals surface area contributed by atoms with Crippen LogP contribution < -0.4 is 0 Å². The van der Waals surface area contributed by atoms with E-state index in [-0.39, 0.29) is 29.3 Å². The van der Waals surface area contributed by atoms with E-state index in [0.717, 1.165) is 0 Å². The number of halogens is 1. The van der Waals surface area contributed by atoms with E-state index in [1.807, 2.05) is 12.1 Å². The van der Waals surface area contributed by atoms with Gasteiger partial charge in [0.05, 0.1) is 11.5 Å². The molecule has 2 bridgehead atoms. The Hall–Kier alpha value is -0.860. The highest BCUT2D eigenvalue weighted by Gasteiger charge is 2.51. The molecule has 2 nitrogen and oxygen atoms in total. The first-order chi connectivity index (χ1) is 7.68. The maximum atomic E-state index is 11.2. The summed E-state index contributed by atoms with van der Waals surface area (Å²) in [6, 6.07) is 8.17. The average Bonchev–Trinajstić information content (AvgIpc) is 2.77. The lowest BCUT2D eigenvalue weighted by atomic mass is 9.81. The number of carbonyl (C=O) groups is 1. The summed E-state index contributed by atoms with van der Waals surface area (Å²) in [6.07, 6.45) is 0.517. The van der Waals surface area contributed by atoms with Crippen molar-refractivity contribution in [2.75, 3.05) is 0 Å². The van der Waals surface area contributed by atoms with Crippen molar-refractivity contribution in [1.82, 2.24) is 0 Å². The molecule has 3 heteroatoms. The van der Waals surface area contributed by atoms with Crippen molar-refractivity contribution in [2.24, 2.45) is 5.92 Å². The minimum Gasteiger partial charge on any atom is -0.364 e. The van der Waals surface area contributed by atoms with Gasteiger partial charge in [0.15, 0.2) is 0 Å². The molecule has 4 atom stereocenters. The van der Waals surface area contributed by atoms with Crippen LogP contribution in [0.3, 0.4) is 0 Å². The number of fused-ring (bicyclic) bond motifs is 5. The quantitative estimate of drug-likeness (QED) is 0.738. The van der Waals surface area contributed by atoms with Gasteiger partial charge in [-0.1, -0.05) is 24.3 Å². The molecule has 3 rings (SSSR count). The highest BCUT2D eigenvalue weighted by Crippen LogP contribution is 2.56. The van der Waals surface area contributed by atoms with Gasteiger partial charge in [-0.15, -0.1) is 11.6 Å². The summed E-state index contributed by atoms with van der Waals surface area (Å²) in [6.45, 7) is 1.61. The van der Waals surface area contributed by atoms with Crippen LogP contribution in [0.15, 0.2) is 24.3 Å². The molecule has 1 fully saturated rings. The van der Waals surface area contributed by atoms with Gasteiger partial charge in [0.2, 0.25) is 0 Å². The molecule has 1 aromatic carbocycles. The first kappa shape index (κ1) is 10.3. The van der Waals surface area contributed by atoms with Gasteiger partial charge in [0, 0.05) is 12.3 Å². The summed E-state index contributed by atoms with van der Waals surface area (Å²) in [7, 11) is 0. The van der Waals surface area contributed by atoms with Crippen molar-refractivity contribution < 1.29 is 9.53 Å². The fourth-order valence-electron chi connectivity index (χ4n) is 2.85. The standard InChI is InChI=1S/C13H13ClO2/c1-7(15)6-10-11(14)13-9-5-3-2-4-8(9)12(10)16-13/h2-5,10-13H,6H2,1H3/t10-,11+,12+,13-/m0/s1. The average molecular weight is 237 g/mol. The predicted molar refractivity (Wildman–Crippen MR) is 61.4 cm³/mol. The molecule has 0 radical (unpaired) electrons. The van der Waals surface area contributed by atoms with E-state index in [4.69, 9.17) is 16.3 Å². The topological polar surface area (TPSA) is 26.3 Å². The molecule has 0 amide bonds. The Morgan fingerprint density at radius 3 is 2.56 bits per heavy atom. The second-order valence-corrected chi connectivity index (χ2v) is 5.12. The fraction of sp³-hybridized carbons (Fsp3) is 0.462. The zero-order valence-electron chi connectivity index (χ0n) is 9.02. The number of alkyl halides is 1. The number of hydrogen-bond donors (Lipinski definition) is 0. The van der Waals surface area contributed by atoms with Crippen molar-refractivity contribution >= 4 is 17.4 Å². The van der Waals surface area contributed by atoms with Gasteiger partial charge in [-0.2, -0.15) is 0 Å². The maximum absolute atomic E-state index is 11.2. The van der Waals surface area contributed by atoms with Crippen molar-refractivity contribution in [1.29, 1.82) is 0 Å². The Balaban J connectivity index is 1.97. The second-order valence-electron chi connectivity index (χ2n) is 4.62. The molecular weight excluding hydrogens is 224 g/mol. The maximum Gasteiger partial charge on any atom is 0.130 e. The summed E-state index contributed by atoms with van der Waals surface area (Å²) < 4.78 is 5.88. The number of benzene rings is 1. The van der Waals surface area contributed by atoms with Crippen LogP contribution in [0, 0.1) is 5.92 Å². The van der Waals surface area contributed by atoms with E-state index in [2.05, 4.69) is 12.1 Å². The van der Waals surface area contributed by atoms with Gasteiger partial charge in [-0.3, -0.25) is 0 Å². The minimum atomic E-state index is -0.0659. The minimum absolute atomic E-state index is 0.0209. The third-order valence-electron chi connectivity index (χ3n) is 3.51. The van der Waals surface area contributed by atoms with Crippen molar-refractivity contribution in [3.8, 4) is 0 Å². The van der Waals surface area contributed by atoms with Crippen LogP contribution in [0.25, 0.3) is 0 Å². The predicted octanol–water partition coefficient (Wildman–Crippen LogP) is 3.02. The largest absolute Gasteiger partial charge is 0.364 e. The summed E-state index contributed by atoms with van der Waals surface area (Å²) in [5.41, 5.74) is 2.42. The molecule has 16 heavy (non-hydrogen) atoms. The molecule has 0 saturated carbocycles. The molecule has 84 valence electrons. The van der Waals surface area contributed by atoms with Gasteiger partial charge in [-0.05, 0) is 18.1 Å². The number of carbonyl (C=O) groups excluding carboxylic acids is 1. The third kappa shape index (κ3) is 1.33. The molecule has 1 saturated heterocycles. The number of Topliss-reactive ketones (excluding diaryl/α,β-unsaturated/α-hetero) is 1. The molecule has 0 aliphatic carbocycles. The Morgan fingerprint density at radius 1 is 1.31 bits per heavy atom. The second kappa shape index (κ2) is 3.57. The highest BCUT2D eigenvalue weighted by atomic mass is 35.5. The summed E-state index contributed by atoms with van der Waals surface area (Å²) in [4.78, 5) is 11.2. The molecule has 2 aliphatic rings. The normalized spacial score (nSPS) is 35.1. The SMILES string of the molecule is CC(=O)C[C@H]1[C@@H](Cl)[C@H]2O[C@@H]1c1ccccc12. The third-order valence-corrected chi connectivity index (χ3v) is 4.07. The Labute approximate surface area is 99.6 Å². The highest BCUT2D eigenvalue weighted by molar-refractivity contribution is 6.21. The Morgan fingerprint density at radius 2 is 1.94 bits per heavy atom. The van der Waals surface area contributed by atoms with E-state index in [9.17, 15) is 4.79 Å². The smallest absolute Gasteiger partial charge is 0.130 e. The van der Waals surface area contributed by atoms with Crippen LogP contribution in [0.2, 0.25) is 0 Å². The van der Waals surface area contributed by atoms with Gasteiger partial charge in [0.1, 0.15) is 11.9 Å². The molecule has 1 aromatic rings. The van der Waals surface area contributed by atoms with Gasteiger partial charge >= 0.3 is 0 Å². The molecule has 2 heterocycles. The fourth-order valence-corrected chi connectivity index (χ4v) is 3.27. The summed E-state index contributed by atoms with van der Waals surface area (Å²) in [5.74, 6) is 0.323. The molecule has 0 aromatic heterocycles. The van der Waals surface area contributed by atoms with Crippen LogP contribution >= 0.6 is 11.6 Å². The van der Waals surface area contributed by atoms with Crippen LogP contribution in [0.4, 0.5) is 0 Å². The number of ketones is 1. The Kier molecular flexibility index (Phi) is 2.30. The van der Waals surface area contributed by atoms with E-state index in [0.29, 0.717) is 6.42 Å². The van der Waals surface area contributed by atoms with Gasteiger partial charge < -0.3 is 9.53 Å². The molecular formula is C13H13ClO2. The van der Waals surface area contributed by atoms with E-state index in [1.54, 1.807) is 6.92 Å². The van der Waals surface area contributed by atoms with Gasteiger partial charge in [-0.25, -0.2) is 0 Å². The van der Waals surface area contributed by atoms with E-state index < -0.39 is 0 Å². The number of rotatable bonds is 2. The first-order valence-corrected chi connectivity index (χ1v) is 6.00. The molecule has 0 unspecified atom stereocenters. The lowest BCUT2D eigenvalue weighted by Crippen LogP contribution is -2.24. The molecule has 0 N–H and O–H groups in total. The number of ether oxygens (including phenoxy) is 1. The lowest BCUT2D eigenvalue weighted by Gasteiger charge is -2.24. The Bertz CT molecular complexity index is 443. The zero-order chi connectivity index (χ0) is 11.3. The van der Waals surface area contributed by atoms with Gasteiger partial charge in [0.25, 0.3) is 0 Å². The number of hydrogen-bond acceptors (Lipinski definition) is 2. The van der Waals surface area contributed by atoms with Crippen LogP contribution in [-0.2, 0) is 9.53 Å².